The molecule has 0 radical (unpaired) electrons. The molecular formula is C20H20FN3O2S. The summed E-state index contributed by atoms with van der Waals surface area (Å²) >= 11 is 1.20. The molecule has 3 aromatic rings. The average molecular weight is 385 g/mol. The van der Waals surface area contributed by atoms with E-state index in [-0.39, 0.29) is 23.4 Å². The van der Waals surface area contributed by atoms with E-state index in [1.807, 2.05) is 18.2 Å². The molecule has 1 aromatic heterocycles. The van der Waals surface area contributed by atoms with Crippen molar-refractivity contribution in [2.24, 2.45) is 0 Å². The van der Waals surface area contributed by atoms with Gasteiger partial charge in [-0.1, -0.05) is 61.2 Å². The molecule has 3 rings (SSSR count). The molecule has 0 saturated carbocycles. The van der Waals surface area contributed by atoms with Crippen molar-refractivity contribution < 1.29 is 13.6 Å². The van der Waals surface area contributed by atoms with Crippen molar-refractivity contribution in [1.29, 1.82) is 0 Å². The molecule has 0 fully saturated rings. The molecule has 140 valence electrons. The van der Waals surface area contributed by atoms with Crippen molar-refractivity contribution >= 4 is 17.7 Å². The second-order valence-electron chi connectivity index (χ2n) is 6.17. The van der Waals surface area contributed by atoms with Crippen molar-refractivity contribution in [3.8, 4) is 0 Å². The third kappa shape index (κ3) is 5.92. The Morgan fingerprint density at radius 2 is 1.89 bits per heavy atom. The monoisotopic (exact) mass is 385 g/mol. The van der Waals surface area contributed by atoms with E-state index >= 15 is 0 Å². The van der Waals surface area contributed by atoms with Crippen molar-refractivity contribution in [3.63, 3.8) is 0 Å². The summed E-state index contributed by atoms with van der Waals surface area (Å²) in [6.07, 6.45) is 0.647. The number of amides is 1. The summed E-state index contributed by atoms with van der Waals surface area (Å²) in [4.78, 5) is 11.9. The minimum Gasteiger partial charge on any atom is -0.416 e. The van der Waals surface area contributed by atoms with Crippen LogP contribution in [0.3, 0.4) is 0 Å². The fraction of sp³-hybridized carbons (Fsp3) is 0.250. The number of rotatable bonds is 8. The lowest BCUT2D eigenvalue weighted by Crippen LogP contribution is -2.24. The zero-order valence-corrected chi connectivity index (χ0v) is 15.7. The summed E-state index contributed by atoms with van der Waals surface area (Å²) in [5.74, 6) is 0.553. The average Bonchev–Trinajstić information content (AvgIpc) is 3.14. The number of hydrogen-bond donors (Lipinski definition) is 1. The molecule has 7 heteroatoms. The highest BCUT2D eigenvalue weighted by atomic mass is 32.2. The molecule has 27 heavy (non-hydrogen) atoms. The second kappa shape index (κ2) is 9.32. The Labute approximate surface area is 161 Å². The summed E-state index contributed by atoms with van der Waals surface area (Å²) in [6, 6.07) is 16.2. The lowest BCUT2D eigenvalue weighted by atomic mass is 9.98. The van der Waals surface area contributed by atoms with Crippen LogP contribution in [0.2, 0.25) is 0 Å². The van der Waals surface area contributed by atoms with Gasteiger partial charge in [-0.05, 0) is 29.2 Å². The van der Waals surface area contributed by atoms with Crippen LogP contribution in [0.25, 0.3) is 0 Å². The van der Waals surface area contributed by atoms with Crippen LogP contribution in [-0.4, -0.2) is 21.9 Å². The van der Waals surface area contributed by atoms with Gasteiger partial charge in [0.2, 0.25) is 11.8 Å². The number of benzene rings is 2. The highest BCUT2D eigenvalue weighted by molar-refractivity contribution is 7.99. The molecule has 0 aliphatic rings. The number of hydrogen-bond acceptors (Lipinski definition) is 5. The largest absolute Gasteiger partial charge is 0.416 e. The number of thioether (sulfide) groups is 1. The van der Waals surface area contributed by atoms with Gasteiger partial charge in [0.15, 0.2) is 0 Å². The number of aromatic nitrogens is 2. The van der Waals surface area contributed by atoms with E-state index in [2.05, 4.69) is 34.6 Å². The predicted octanol–water partition coefficient (Wildman–Crippen LogP) is 3.96. The molecule has 0 spiro atoms. The Morgan fingerprint density at radius 3 is 2.63 bits per heavy atom. The van der Waals surface area contributed by atoms with E-state index in [0.717, 1.165) is 5.56 Å². The lowest BCUT2D eigenvalue weighted by Gasteiger charge is -2.08. The Kier molecular flexibility index (Phi) is 6.59. The van der Waals surface area contributed by atoms with Crippen LogP contribution in [-0.2, 0) is 17.8 Å². The smallest absolute Gasteiger partial charge is 0.277 e. The quantitative estimate of drug-likeness (QED) is 0.595. The molecule has 1 heterocycles. The minimum atomic E-state index is -0.297. The van der Waals surface area contributed by atoms with Crippen LogP contribution in [0.1, 0.15) is 29.9 Å². The topological polar surface area (TPSA) is 68.0 Å². The van der Waals surface area contributed by atoms with Gasteiger partial charge >= 0.3 is 0 Å². The first kappa shape index (κ1) is 19.1. The SMILES string of the molecule is CC(Cc1nnc(SCC(=O)NCc2ccc(F)cc2)o1)c1ccccc1. The van der Waals surface area contributed by atoms with Crippen LogP contribution in [0, 0.1) is 5.82 Å². The van der Waals surface area contributed by atoms with Crippen LogP contribution in [0.5, 0.6) is 0 Å². The molecule has 0 bridgehead atoms. The summed E-state index contributed by atoms with van der Waals surface area (Å²) in [5.41, 5.74) is 2.05. The van der Waals surface area contributed by atoms with Gasteiger partial charge in [0.25, 0.3) is 5.22 Å². The Bertz CT molecular complexity index is 868. The van der Waals surface area contributed by atoms with E-state index in [1.165, 1.54) is 29.5 Å². The van der Waals surface area contributed by atoms with Gasteiger partial charge in [0.05, 0.1) is 5.75 Å². The van der Waals surface area contributed by atoms with E-state index in [0.29, 0.717) is 24.1 Å². The normalized spacial score (nSPS) is 11.9. The van der Waals surface area contributed by atoms with Crippen molar-refractivity contribution in [2.45, 2.75) is 31.0 Å². The molecule has 1 amide bonds. The highest BCUT2D eigenvalue weighted by Gasteiger charge is 2.13. The molecule has 1 N–H and O–H groups in total. The maximum atomic E-state index is 12.9. The maximum absolute atomic E-state index is 12.9. The van der Waals surface area contributed by atoms with Crippen molar-refractivity contribution in [3.05, 3.63) is 77.4 Å². The van der Waals surface area contributed by atoms with E-state index in [4.69, 9.17) is 4.42 Å². The van der Waals surface area contributed by atoms with E-state index < -0.39 is 0 Å². The lowest BCUT2D eigenvalue weighted by molar-refractivity contribution is -0.118. The van der Waals surface area contributed by atoms with E-state index in [1.54, 1.807) is 12.1 Å². The zero-order chi connectivity index (χ0) is 19.1. The van der Waals surface area contributed by atoms with Gasteiger partial charge in [0, 0.05) is 13.0 Å². The number of halogens is 1. The first-order chi connectivity index (χ1) is 13.1. The second-order valence-corrected chi connectivity index (χ2v) is 7.10. The van der Waals surface area contributed by atoms with Gasteiger partial charge in [-0.25, -0.2) is 4.39 Å². The van der Waals surface area contributed by atoms with Gasteiger partial charge in [-0.2, -0.15) is 0 Å². The molecule has 5 nitrogen and oxygen atoms in total. The number of nitrogens with one attached hydrogen (secondary N) is 1. The van der Waals surface area contributed by atoms with Crippen LogP contribution >= 0.6 is 11.8 Å². The highest BCUT2D eigenvalue weighted by Crippen LogP contribution is 2.22. The molecular weight excluding hydrogens is 365 g/mol. The Balaban J connectivity index is 1.43. The third-order valence-corrected chi connectivity index (χ3v) is 4.85. The minimum absolute atomic E-state index is 0.151. The maximum Gasteiger partial charge on any atom is 0.277 e. The number of carbonyl (C=O) groups excluding carboxylic acids is 1. The molecule has 0 aliphatic heterocycles. The fourth-order valence-corrected chi connectivity index (χ4v) is 3.13. The Hall–Kier alpha value is -2.67. The van der Waals surface area contributed by atoms with Crippen molar-refractivity contribution in [2.75, 3.05) is 5.75 Å². The van der Waals surface area contributed by atoms with Gasteiger partial charge in [-0.3, -0.25) is 4.79 Å². The summed E-state index contributed by atoms with van der Waals surface area (Å²) < 4.78 is 18.5. The first-order valence-electron chi connectivity index (χ1n) is 8.61. The van der Waals surface area contributed by atoms with Crippen LogP contribution in [0.15, 0.2) is 64.2 Å². The molecule has 0 saturated heterocycles. The summed E-state index contributed by atoms with van der Waals surface area (Å²) in [5, 5.41) is 11.2. The zero-order valence-electron chi connectivity index (χ0n) is 14.9. The van der Waals surface area contributed by atoms with Gasteiger partial charge < -0.3 is 9.73 Å². The standard InChI is InChI=1S/C20H20FN3O2S/c1-14(16-5-3-2-4-6-16)11-19-23-24-20(26-19)27-13-18(25)22-12-15-7-9-17(21)10-8-15/h2-10,14H,11-13H2,1H3,(H,22,25). The van der Waals surface area contributed by atoms with Crippen molar-refractivity contribution in [1.82, 2.24) is 15.5 Å². The number of carbonyl (C=O) groups is 1. The van der Waals surface area contributed by atoms with Crippen LogP contribution < -0.4 is 5.32 Å². The summed E-state index contributed by atoms with van der Waals surface area (Å²) in [7, 11) is 0. The third-order valence-electron chi connectivity index (χ3n) is 4.03. The van der Waals surface area contributed by atoms with E-state index in [9.17, 15) is 9.18 Å². The molecule has 1 unspecified atom stereocenters. The molecule has 0 aliphatic carbocycles. The van der Waals surface area contributed by atoms with Crippen LogP contribution in [0.4, 0.5) is 4.39 Å². The first-order valence-corrected chi connectivity index (χ1v) is 9.60. The molecule has 2 aromatic carbocycles. The molecule has 1 atom stereocenters. The predicted molar refractivity (Wildman–Crippen MR) is 102 cm³/mol. The van der Waals surface area contributed by atoms with Gasteiger partial charge in [0.1, 0.15) is 5.82 Å². The summed E-state index contributed by atoms with van der Waals surface area (Å²) in [6.45, 7) is 2.46. The van der Waals surface area contributed by atoms with Gasteiger partial charge in [-0.15, -0.1) is 10.2 Å². The fourth-order valence-electron chi connectivity index (χ4n) is 2.52. The Morgan fingerprint density at radius 1 is 1.15 bits per heavy atom. The number of nitrogens with zero attached hydrogens (tertiary/aromatic N) is 2.